The predicted molar refractivity (Wildman–Crippen MR) is 104 cm³/mol. The van der Waals surface area contributed by atoms with Crippen LogP contribution in [0.15, 0.2) is 41.5 Å². The fraction of sp³-hybridized carbons (Fsp3) is 0.522. The molecule has 1 aromatic rings. The molecule has 0 saturated heterocycles. The number of esters is 1. The highest BCUT2D eigenvalue weighted by molar-refractivity contribution is 5.89. The Bertz CT molecular complexity index is 774. The number of ether oxygens (including phenoxy) is 1. The van der Waals surface area contributed by atoms with Crippen molar-refractivity contribution < 1.29 is 14.6 Å². The number of benzene rings is 1. The monoisotopic (exact) mass is 354 g/mol. The molecule has 1 N–H and O–H groups in total. The van der Waals surface area contributed by atoms with Gasteiger partial charge in [-0.25, -0.2) is 4.79 Å². The lowest BCUT2D eigenvalue weighted by Gasteiger charge is -2.48. The van der Waals surface area contributed by atoms with E-state index in [9.17, 15) is 9.90 Å². The van der Waals surface area contributed by atoms with Crippen molar-refractivity contribution in [3.8, 4) is 5.75 Å². The van der Waals surface area contributed by atoms with Gasteiger partial charge in [0.25, 0.3) is 0 Å². The van der Waals surface area contributed by atoms with E-state index in [-0.39, 0.29) is 17.1 Å². The second kappa shape index (κ2) is 6.94. The van der Waals surface area contributed by atoms with Crippen LogP contribution >= 0.6 is 0 Å². The summed E-state index contributed by atoms with van der Waals surface area (Å²) in [6, 6.07) is 5.01. The lowest BCUT2D eigenvalue weighted by atomic mass is 9.56. The van der Waals surface area contributed by atoms with Crippen molar-refractivity contribution in [2.45, 2.75) is 52.9 Å². The molecule has 0 heterocycles. The summed E-state index contributed by atoms with van der Waals surface area (Å²) >= 11 is 0. The summed E-state index contributed by atoms with van der Waals surface area (Å²) in [5.41, 5.74) is 5.56. The fourth-order valence-corrected chi connectivity index (χ4v) is 5.05. The Morgan fingerprint density at radius 1 is 1.35 bits per heavy atom. The van der Waals surface area contributed by atoms with E-state index in [0.29, 0.717) is 17.4 Å². The van der Waals surface area contributed by atoms with Crippen molar-refractivity contribution in [2.75, 3.05) is 7.11 Å². The molecule has 140 valence electrons. The Morgan fingerprint density at radius 2 is 2.08 bits per heavy atom. The Kier molecular flexibility index (Phi) is 5.01. The van der Waals surface area contributed by atoms with Crippen molar-refractivity contribution >= 4 is 5.97 Å². The Balaban J connectivity index is 2.05. The molecule has 26 heavy (non-hydrogen) atoms. The molecule has 2 aliphatic rings. The van der Waals surface area contributed by atoms with Gasteiger partial charge in [0.1, 0.15) is 5.75 Å². The number of methoxy groups -OCH3 is 1. The number of hydrogen-bond acceptors (Lipinski definition) is 3. The van der Waals surface area contributed by atoms with E-state index in [0.717, 1.165) is 37.7 Å². The summed E-state index contributed by atoms with van der Waals surface area (Å²) < 4.78 is 4.84. The molecule has 3 heteroatoms. The molecule has 0 saturated carbocycles. The summed E-state index contributed by atoms with van der Waals surface area (Å²) in [5.74, 6) is 0.938. The molecule has 0 fully saturated rings. The second-order valence-electron chi connectivity index (χ2n) is 8.32. The average molecular weight is 354 g/mol. The maximum Gasteiger partial charge on any atom is 0.337 e. The predicted octanol–water partition coefficient (Wildman–Crippen LogP) is 5.44. The van der Waals surface area contributed by atoms with Crippen LogP contribution < -0.4 is 0 Å². The lowest BCUT2D eigenvalue weighted by Crippen LogP contribution is -2.38. The zero-order valence-electron chi connectivity index (χ0n) is 16.4. The Hall–Kier alpha value is -2.03. The van der Waals surface area contributed by atoms with Gasteiger partial charge in [-0.1, -0.05) is 38.5 Å². The van der Waals surface area contributed by atoms with E-state index in [1.54, 1.807) is 18.2 Å². The van der Waals surface area contributed by atoms with Crippen LogP contribution in [0, 0.1) is 17.3 Å². The second-order valence-corrected chi connectivity index (χ2v) is 8.32. The summed E-state index contributed by atoms with van der Waals surface area (Å²) in [4.78, 5) is 11.9. The number of phenolic OH excluding ortho intramolecular Hbond substituents is 1. The van der Waals surface area contributed by atoms with E-state index >= 15 is 0 Å². The number of aromatic hydroxyl groups is 1. The Labute approximate surface area is 156 Å². The molecule has 0 aromatic heterocycles. The van der Waals surface area contributed by atoms with Crippen LogP contribution in [-0.2, 0) is 11.2 Å². The van der Waals surface area contributed by atoms with Crippen LogP contribution in [0.2, 0.25) is 0 Å². The van der Waals surface area contributed by atoms with Gasteiger partial charge in [-0.3, -0.25) is 0 Å². The molecule has 0 unspecified atom stereocenters. The van der Waals surface area contributed by atoms with Gasteiger partial charge < -0.3 is 9.84 Å². The molecule has 3 nitrogen and oxygen atoms in total. The van der Waals surface area contributed by atoms with Crippen LogP contribution in [0.25, 0.3) is 0 Å². The summed E-state index contributed by atoms with van der Waals surface area (Å²) in [6.07, 6.45) is 5.21. The maximum absolute atomic E-state index is 11.9. The zero-order chi connectivity index (χ0) is 19.1. The highest BCUT2D eigenvalue weighted by Crippen LogP contribution is 2.54. The van der Waals surface area contributed by atoms with Crippen molar-refractivity contribution in [1.29, 1.82) is 0 Å². The van der Waals surface area contributed by atoms with Gasteiger partial charge in [0, 0.05) is 0 Å². The van der Waals surface area contributed by atoms with E-state index in [1.807, 2.05) is 0 Å². The number of hydrogen-bond donors (Lipinski definition) is 1. The minimum absolute atomic E-state index is 0.0303. The summed E-state index contributed by atoms with van der Waals surface area (Å²) in [5, 5.41) is 10.4. The van der Waals surface area contributed by atoms with E-state index in [4.69, 9.17) is 4.74 Å². The number of allylic oxidation sites excluding steroid dienone is 3. The highest BCUT2D eigenvalue weighted by Gasteiger charge is 2.43. The van der Waals surface area contributed by atoms with Crippen LogP contribution in [0.1, 0.15) is 62.4 Å². The quantitative estimate of drug-likeness (QED) is 0.735. The Morgan fingerprint density at radius 3 is 2.77 bits per heavy atom. The first kappa shape index (κ1) is 18.8. The smallest absolute Gasteiger partial charge is 0.337 e. The highest BCUT2D eigenvalue weighted by atomic mass is 16.5. The minimum Gasteiger partial charge on any atom is -0.508 e. The number of phenols is 1. The van der Waals surface area contributed by atoms with Crippen molar-refractivity contribution in [1.82, 2.24) is 0 Å². The molecule has 0 bridgehead atoms. The fourth-order valence-electron chi connectivity index (χ4n) is 5.05. The van der Waals surface area contributed by atoms with Gasteiger partial charge in [0.05, 0.1) is 12.7 Å². The van der Waals surface area contributed by atoms with Gasteiger partial charge in [-0.05, 0) is 78.7 Å². The van der Waals surface area contributed by atoms with Gasteiger partial charge in [-0.2, -0.15) is 0 Å². The van der Waals surface area contributed by atoms with Crippen LogP contribution in [0.3, 0.4) is 0 Å². The molecule has 1 aromatic carbocycles. The summed E-state index contributed by atoms with van der Waals surface area (Å²) in [7, 11) is 1.38. The van der Waals surface area contributed by atoms with Gasteiger partial charge in [-0.15, -0.1) is 0 Å². The molecule has 3 rings (SSSR count). The first-order valence-electron chi connectivity index (χ1n) is 9.59. The summed E-state index contributed by atoms with van der Waals surface area (Å²) in [6.45, 7) is 11.3. The average Bonchev–Trinajstić information content (AvgIpc) is 2.61. The normalized spacial score (nSPS) is 28.7. The van der Waals surface area contributed by atoms with E-state index < -0.39 is 0 Å². The molecule has 0 radical (unpaired) electrons. The molecule has 2 aliphatic carbocycles. The van der Waals surface area contributed by atoms with Crippen LogP contribution in [-0.4, -0.2) is 18.2 Å². The number of carbonyl (C=O) groups excluding carboxylic acids is 1. The van der Waals surface area contributed by atoms with Crippen molar-refractivity contribution in [2.24, 2.45) is 17.3 Å². The SMILES string of the molecule is C=C1CCCC2=C1[C@H](C)C[C@H](C)[C@@]2(C)Cc1cc(C(=O)OC)ccc1O. The number of rotatable bonds is 3. The third-order valence-corrected chi connectivity index (χ3v) is 6.65. The van der Waals surface area contributed by atoms with Gasteiger partial charge in [0.2, 0.25) is 0 Å². The molecule has 0 aliphatic heterocycles. The van der Waals surface area contributed by atoms with Crippen molar-refractivity contribution in [3.63, 3.8) is 0 Å². The molecule has 3 atom stereocenters. The standard InChI is InChI=1S/C23H30O3/c1-14-7-6-8-19-21(14)15(2)11-16(3)23(19,4)13-18-12-17(22(25)26-5)9-10-20(18)24/h9-10,12,15-16,24H,1,6-8,11,13H2,2-5H3/t15-,16+,23-/m1/s1. The van der Waals surface area contributed by atoms with E-state index in [2.05, 4.69) is 27.4 Å². The maximum atomic E-state index is 11.9. The molecular formula is C23H30O3. The molecule has 0 amide bonds. The van der Waals surface area contributed by atoms with Crippen molar-refractivity contribution in [3.05, 3.63) is 52.6 Å². The minimum atomic E-state index is -0.368. The van der Waals surface area contributed by atoms with Gasteiger partial charge in [0.15, 0.2) is 0 Å². The molecular weight excluding hydrogens is 324 g/mol. The first-order chi connectivity index (χ1) is 12.3. The van der Waals surface area contributed by atoms with Gasteiger partial charge >= 0.3 is 5.97 Å². The largest absolute Gasteiger partial charge is 0.508 e. The van der Waals surface area contributed by atoms with Crippen LogP contribution in [0.4, 0.5) is 0 Å². The van der Waals surface area contributed by atoms with E-state index in [1.165, 1.54) is 23.8 Å². The zero-order valence-corrected chi connectivity index (χ0v) is 16.4. The third kappa shape index (κ3) is 3.08. The first-order valence-corrected chi connectivity index (χ1v) is 9.59. The number of carbonyl (C=O) groups is 1. The third-order valence-electron chi connectivity index (χ3n) is 6.65. The van der Waals surface area contributed by atoms with Crippen LogP contribution in [0.5, 0.6) is 5.75 Å². The topological polar surface area (TPSA) is 46.5 Å². The molecule has 0 spiro atoms. The lowest BCUT2D eigenvalue weighted by molar-refractivity contribution is 0.0600.